The van der Waals surface area contributed by atoms with E-state index in [-0.39, 0.29) is 11.8 Å². The zero-order chi connectivity index (χ0) is 22.4. The highest BCUT2D eigenvalue weighted by Gasteiger charge is 2.15. The molecular weight excluding hydrogens is 456 g/mol. The fourth-order valence-corrected chi connectivity index (χ4v) is 3.29. The molecule has 3 aromatic carbocycles. The van der Waals surface area contributed by atoms with Gasteiger partial charge < -0.3 is 15.4 Å². The Morgan fingerprint density at radius 2 is 1.68 bits per heavy atom. The third kappa shape index (κ3) is 6.18. The van der Waals surface area contributed by atoms with Crippen LogP contribution in [-0.4, -0.2) is 18.4 Å². The van der Waals surface area contributed by atoms with Crippen LogP contribution in [0.25, 0.3) is 0 Å². The van der Waals surface area contributed by atoms with Crippen molar-refractivity contribution in [1.82, 2.24) is 0 Å². The smallest absolute Gasteiger partial charge is 0.259 e. The lowest BCUT2D eigenvalue weighted by Gasteiger charge is -2.15. The van der Waals surface area contributed by atoms with Gasteiger partial charge in [0.1, 0.15) is 5.75 Å². The highest BCUT2D eigenvalue weighted by Crippen LogP contribution is 2.26. The average Bonchev–Trinajstić information content (AvgIpc) is 2.75. The summed E-state index contributed by atoms with van der Waals surface area (Å²) in [6.45, 7) is 6.52. The average molecular weight is 481 g/mol. The molecule has 0 radical (unpaired) electrons. The van der Waals surface area contributed by atoms with Gasteiger partial charge in [-0.1, -0.05) is 48.0 Å². The molecule has 0 aliphatic carbocycles. The molecule has 2 N–H and O–H groups in total. The van der Waals surface area contributed by atoms with E-state index in [1.54, 1.807) is 36.4 Å². The quantitative estimate of drug-likeness (QED) is 0.417. The number of anilines is 2. The Morgan fingerprint density at radius 1 is 0.935 bits per heavy atom. The van der Waals surface area contributed by atoms with Gasteiger partial charge in [-0.05, 0) is 66.9 Å². The van der Waals surface area contributed by atoms with Crippen LogP contribution in [0.5, 0.6) is 5.75 Å². The summed E-state index contributed by atoms with van der Waals surface area (Å²) >= 11 is 3.42. The van der Waals surface area contributed by atoms with Crippen LogP contribution >= 0.6 is 15.9 Å². The van der Waals surface area contributed by atoms with Gasteiger partial charge >= 0.3 is 0 Å². The third-order valence-corrected chi connectivity index (χ3v) is 5.02. The molecule has 31 heavy (non-hydrogen) atoms. The van der Waals surface area contributed by atoms with Gasteiger partial charge in [-0.15, -0.1) is 0 Å². The number of rotatable bonds is 7. The van der Waals surface area contributed by atoms with E-state index in [2.05, 4.69) is 40.4 Å². The van der Waals surface area contributed by atoms with E-state index in [0.29, 0.717) is 40.8 Å². The first kappa shape index (κ1) is 22.6. The van der Waals surface area contributed by atoms with Gasteiger partial charge in [0.2, 0.25) is 0 Å². The third-order valence-electron chi connectivity index (χ3n) is 4.53. The van der Waals surface area contributed by atoms with Crippen LogP contribution in [0.3, 0.4) is 0 Å². The Labute approximate surface area is 191 Å². The summed E-state index contributed by atoms with van der Waals surface area (Å²) < 4.78 is 6.61. The number of ether oxygens (including phenoxy) is 1. The fourth-order valence-electron chi connectivity index (χ4n) is 2.93. The summed E-state index contributed by atoms with van der Waals surface area (Å²) in [5.74, 6) is 0.445. The van der Waals surface area contributed by atoms with Crippen LogP contribution in [0.1, 0.15) is 40.1 Å². The predicted octanol–water partition coefficient (Wildman–Crippen LogP) is 6.30. The molecule has 160 valence electrons. The number of hydrogen-bond acceptors (Lipinski definition) is 3. The second kappa shape index (κ2) is 10.3. The van der Waals surface area contributed by atoms with Crippen LogP contribution in [0.2, 0.25) is 0 Å². The van der Waals surface area contributed by atoms with Gasteiger partial charge in [0.05, 0.1) is 12.2 Å². The number of nitrogens with one attached hydrogen (secondary N) is 2. The maximum Gasteiger partial charge on any atom is 0.259 e. The Hall–Kier alpha value is -3.12. The molecule has 0 heterocycles. The van der Waals surface area contributed by atoms with E-state index in [0.717, 1.165) is 10.0 Å². The zero-order valence-electron chi connectivity index (χ0n) is 17.7. The van der Waals surface area contributed by atoms with Gasteiger partial charge in [-0.25, -0.2) is 0 Å². The van der Waals surface area contributed by atoms with Crippen molar-refractivity contribution in [2.45, 2.75) is 20.8 Å². The molecule has 3 aromatic rings. The van der Waals surface area contributed by atoms with Gasteiger partial charge in [-0.2, -0.15) is 0 Å². The first-order chi connectivity index (χ1) is 14.8. The molecule has 0 saturated carbocycles. The molecule has 0 fully saturated rings. The molecular formula is C25H25BrN2O3. The molecule has 0 aliphatic rings. The molecule has 6 heteroatoms. The maximum atomic E-state index is 12.9. The van der Waals surface area contributed by atoms with Crippen LogP contribution in [0, 0.1) is 12.8 Å². The fraction of sp³-hybridized carbons (Fsp3) is 0.200. The van der Waals surface area contributed by atoms with Crippen molar-refractivity contribution in [3.63, 3.8) is 0 Å². The van der Waals surface area contributed by atoms with Crippen molar-refractivity contribution in [3.05, 3.63) is 87.9 Å². The van der Waals surface area contributed by atoms with Crippen molar-refractivity contribution in [2.75, 3.05) is 17.2 Å². The molecule has 0 saturated heterocycles. The second-order valence-corrected chi connectivity index (χ2v) is 8.56. The van der Waals surface area contributed by atoms with E-state index in [4.69, 9.17) is 4.74 Å². The van der Waals surface area contributed by atoms with Crippen molar-refractivity contribution in [3.8, 4) is 5.75 Å². The van der Waals surface area contributed by atoms with Crippen molar-refractivity contribution in [2.24, 2.45) is 5.92 Å². The van der Waals surface area contributed by atoms with Crippen LogP contribution in [0.15, 0.2) is 71.2 Å². The molecule has 2 amide bonds. The number of aryl methyl sites for hydroxylation is 1. The SMILES string of the molecule is Cc1cc(NC(=O)c2cc(Br)ccc2OCC(C)C)ccc1NC(=O)c1ccccc1. The maximum absolute atomic E-state index is 12.9. The number of carbonyl (C=O) groups is 2. The molecule has 5 nitrogen and oxygen atoms in total. The lowest BCUT2D eigenvalue weighted by molar-refractivity contribution is 0.101. The van der Waals surface area contributed by atoms with E-state index in [1.165, 1.54) is 0 Å². The lowest BCUT2D eigenvalue weighted by atomic mass is 10.1. The second-order valence-electron chi connectivity index (χ2n) is 7.65. The Kier molecular flexibility index (Phi) is 7.47. The van der Waals surface area contributed by atoms with E-state index in [9.17, 15) is 9.59 Å². The predicted molar refractivity (Wildman–Crippen MR) is 128 cm³/mol. The number of benzene rings is 3. The molecule has 3 rings (SSSR count). The normalized spacial score (nSPS) is 10.6. The Balaban J connectivity index is 1.73. The van der Waals surface area contributed by atoms with Crippen LogP contribution < -0.4 is 15.4 Å². The zero-order valence-corrected chi connectivity index (χ0v) is 19.3. The molecule has 0 aromatic heterocycles. The van der Waals surface area contributed by atoms with Crippen LogP contribution in [0.4, 0.5) is 11.4 Å². The van der Waals surface area contributed by atoms with Crippen molar-refractivity contribution in [1.29, 1.82) is 0 Å². The standard InChI is InChI=1S/C25H25BrN2O3/c1-16(2)15-31-23-12-9-19(26)14-21(23)25(30)27-20-10-11-22(17(3)13-20)28-24(29)18-7-5-4-6-8-18/h4-14,16H,15H2,1-3H3,(H,27,30)(H,28,29). The van der Waals surface area contributed by atoms with Crippen molar-refractivity contribution >= 4 is 39.1 Å². The molecule has 0 aliphatic heterocycles. The summed E-state index contributed by atoms with van der Waals surface area (Å²) in [7, 11) is 0. The minimum Gasteiger partial charge on any atom is -0.492 e. The Bertz CT molecular complexity index is 1080. The number of amides is 2. The number of hydrogen-bond donors (Lipinski definition) is 2. The highest BCUT2D eigenvalue weighted by atomic mass is 79.9. The number of carbonyl (C=O) groups excluding carboxylic acids is 2. The summed E-state index contributed by atoms with van der Waals surface area (Å²) in [6.07, 6.45) is 0. The number of halogens is 1. The summed E-state index contributed by atoms with van der Waals surface area (Å²) in [5, 5.41) is 5.82. The van der Waals surface area contributed by atoms with E-state index >= 15 is 0 Å². The summed E-state index contributed by atoms with van der Waals surface area (Å²) in [5.41, 5.74) is 3.20. The largest absolute Gasteiger partial charge is 0.492 e. The highest BCUT2D eigenvalue weighted by molar-refractivity contribution is 9.10. The monoisotopic (exact) mass is 480 g/mol. The molecule has 0 spiro atoms. The minimum atomic E-state index is -0.263. The molecule has 0 bridgehead atoms. The first-order valence-electron chi connectivity index (χ1n) is 10.0. The first-order valence-corrected chi connectivity index (χ1v) is 10.8. The lowest BCUT2D eigenvalue weighted by Crippen LogP contribution is -2.16. The Morgan fingerprint density at radius 3 is 2.35 bits per heavy atom. The van der Waals surface area contributed by atoms with Crippen molar-refractivity contribution < 1.29 is 14.3 Å². The van der Waals surface area contributed by atoms with E-state index < -0.39 is 0 Å². The van der Waals surface area contributed by atoms with Crippen LogP contribution in [-0.2, 0) is 0 Å². The molecule has 0 unspecified atom stereocenters. The topological polar surface area (TPSA) is 67.4 Å². The minimum absolute atomic E-state index is 0.179. The summed E-state index contributed by atoms with van der Waals surface area (Å²) in [4.78, 5) is 25.3. The van der Waals surface area contributed by atoms with Gasteiger partial charge in [0, 0.05) is 21.4 Å². The van der Waals surface area contributed by atoms with E-state index in [1.807, 2.05) is 37.3 Å². The molecule has 0 atom stereocenters. The van der Waals surface area contributed by atoms with Gasteiger partial charge in [0.25, 0.3) is 11.8 Å². The van der Waals surface area contributed by atoms with Gasteiger partial charge in [-0.3, -0.25) is 9.59 Å². The summed E-state index contributed by atoms with van der Waals surface area (Å²) in [6, 6.07) is 19.8. The van der Waals surface area contributed by atoms with Gasteiger partial charge in [0.15, 0.2) is 0 Å².